The topological polar surface area (TPSA) is 158 Å². The number of likely N-dealkylation sites (tertiary alicyclic amines) is 1. The lowest BCUT2D eigenvalue weighted by molar-refractivity contribution is -0.111. The molecule has 12 nitrogen and oxygen atoms in total. The van der Waals surface area contributed by atoms with E-state index in [0.29, 0.717) is 53.1 Å². The zero-order valence-electron chi connectivity index (χ0n) is 18.9. The third kappa shape index (κ3) is 4.87. The van der Waals surface area contributed by atoms with Crippen LogP contribution in [0.2, 0.25) is 0 Å². The molecule has 12 heteroatoms. The van der Waals surface area contributed by atoms with Crippen LogP contribution in [0.3, 0.4) is 0 Å². The monoisotopic (exact) mass is 483 g/mol. The summed E-state index contributed by atoms with van der Waals surface area (Å²) in [4.78, 5) is 46.1. The van der Waals surface area contributed by atoms with Gasteiger partial charge in [0.2, 0.25) is 11.9 Å². The number of aromatic nitrogens is 5. The molecule has 1 aliphatic rings. The van der Waals surface area contributed by atoms with Crippen LogP contribution in [0.5, 0.6) is 0 Å². The average molecular weight is 483 g/mol. The van der Waals surface area contributed by atoms with Gasteiger partial charge < -0.3 is 26.0 Å². The normalized spacial score (nSPS) is 13.1. The van der Waals surface area contributed by atoms with Gasteiger partial charge >= 0.3 is 6.09 Å². The molecule has 180 valence electrons. The summed E-state index contributed by atoms with van der Waals surface area (Å²) >= 11 is 0. The van der Waals surface area contributed by atoms with E-state index >= 15 is 0 Å². The molecular formula is C24H21N9O3. The second-order valence-corrected chi connectivity index (χ2v) is 8.00. The first-order valence-electron chi connectivity index (χ1n) is 11.0. The number of anilines is 4. The van der Waals surface area contributed by atoms with Crippen LogP contribution in [0, 0.1) is 0 Å². The van der Waals surface area contributed by atoms with Gasteiger partial charge in [-0.1, -0.05) is 6.58 Å². The zero-order valence-corrected chi connectivity index (χ0v) is 18.9. The molecule has 2 amide bonds. The minimum absolute atomic E-state index is 0.0411. The van der Waals surface area contributed by atoms with Gasteiger partial charge in [0.1, 0.15) is 17.0 Å². The predicted octanol–water partition coefficient (Wildman–Crippen LogP) is 3.12. The van der Waals surface area contributed by atoms with Crippen molar-refractivity contribution in [2.24, 2.45) is 0 Å². The maximum Gasteiger partial charge on any atom is 0.407 e. The lowest BCUT2D eigenvalue weighted by Gasteiger charge is -2.37. The van der Waals surface area contributed by atoms with E-state index in [1.54, 1.807) is 49.1 Å². The number of fused-ring (bicyclic) bond motifs is 1. The third-order valence-electron chi connectivity index (χ3n) is 5.48. The summed E-state index contributed by atoms with van der Waals surface area (Å²) in [6, 6.07) is 8.86. The van der Waals surface area contributed by atoms with E-state index in [1.165, 1.54) is 11.0 Å². The Morgan fingerprint density at radius 2 is 1.86 bits per heavy atom. The van der Waals surface area contributed by atoms with Crippen molar-refractivity contribution in [1.29, 1.82) is 0 Å². The van der Waals surface area contributed by atoms with Crippen LogP contribution in [0.4, 0.5) is 27.9 Å². The minimum atomic E-state index is -0.919. The van der Waals surface area contributed by atoms with Gasteiger partial charge in [-0.15, -0.1) is 0 Å². The second kappa shape index (κ2) is 9.62. The number of amides is 2. The highest BCUT2D eigenvalue weighted by Gasteiger charge is 2.30. The predicted molar refractivity (Wildman–Crippen MR) is 134 cm³/mol. The molecular weight excluding hydrogens is 462 g/mol. The first-order chi connectivity index (χ1) is 17.5. The number of rotatable bonds is 7. The van der Waals surface area contributed by atoms with E-state index in [9.17, 15) is 9.59 Å². The van der Waals surface area contributed by atoms with E-state index in [4.69, 9.17) is 5.11 Å². The summed E-state index contributed by atoms with van der Waals surface area (Å²) in [7, 11) is 0. The first kappa shape index (κ1) is 22.7. The van der Waals surface area contributed by atoms with Crippen molar-refractivity contribution >= 4 is 46.0 Å². The van der Waals surface area contributed by atoms with Crippen LogP contribution >= 0.6 is 0 Å². The number of hydrogen-bond donors (Lipinski definition) is 4. The molecule has 4 aromatic rings. The number of carboxylic acid groups (broad SMARTS) is 1. The van der Waals surface area contributed by atoms with E-state index in [0.717, 1.165) is 5.39 Å². The van der Waals surface area contributed by atoms with Crippen molar-refractivity contribution in [2.75, 3.05) is 29.0 Å². The minimum Gasteiger partial charge on any atom is -0.465 e. The van der Waals surface area contributed by atoms with Crippen LogP contribution in [-0.2, 0) is 4.79 Å². The van der Waals surface area contributed by atoms with Crippen molar-refractivity contribution < 1.29 is 14.7 Å². The summed E-state index contributed by atoms with van der Waals surface area (Å²) in [5.74, 6) is 0.680. The van der Waals surface area contributed by atoms with Crippen molar-refractivity contribution in [3.8, 4) is 11.4 Å². The number of nitrogens with zero attached hydrogens (tertiary/aromatic N) is 6. The van der Waals surface area contributed by atoms with E-state index in [-0.39, 0.29) is 11.9 Å². The van der Waals surface area contributed by atoms with Gasteiger partial charge in [0.25, 0.3) is 0 Å². The lowest BCUT2D eigenvalue weighted by atomic mass is 10.1. The van der Waals surface area contributed by atoms with Crippen LogP contribution in [0.25, 0.3) is 22.3 Å². The van der Waals surface area contributed by atoms with E-state index in [1.807, 2.05) is 6.07 Å². The van der Waals surface area contributed by atoms with Crippen molar-refractivity contribution in [2.45, 2.75) is 6.04 Å². The van der Waals surface area contributed by atoms with Gasteiger partial charge in [0.15, 0.2) is 0 Å². The Kier molecular flexibility index (Phi) is 6.05. The molecule has 0 aromatic carbocycles. The Labute approximate surface area is 205 Å². The average Bonchev–Trinajstić information content (AvgIpc) is 2.86. The Morgan fingerprint density at radius 3 is 2.61 bits per heavy atom. The molecule has 1 saturated heterocycles. The van der Waals surface area contributed by atoms with Gasteiger partial charge in [0.05, 0.1) is 23.6 Å². The molecule has 0 aliphatic carbocycles. The number of carbonyl (C=O) groups is 2. The molecule has 0 saturated carbocycles. The Bertz CT molecular complexity index is 1450. The molecule has 5 rings (SSSR count). The van der Waals surface area contributed by atoms with Gasteiger partial charge in [-0.3, -0.25) is 14.8 Å². The summed E-state index contributed by atoms with van der Waals surface area (Å²) in [5.41, 5.74) is 2.92. The highest BCUT2D eigenvalue weighted by molar-refractivity contribution is 5.99. The first-order valence-corrected chi connectivity index (χ1v) is 11.0. The highest BCUT2D eigenvalue weighted by atomic mass is 16.4. The highest BCUT2D eigenvalue weighted by Crippen LogP contribution is 2.26. The zero-order chi connectivity index (χ0) is 25.1. The van der Waals surface area contributed by atoms with E-state index in [2.05, 4.69) is 47.4 Å². The van der Waals surface area contributed by atoms with Crippen LogP contribution in [0.15, 0.2) is 67.8 Å². The molecule has 0 spiro atoms. The molecule has 4 N–H and O–H groups in total. The number of nitrogens with one attached hydrogen (secondary N) is 3. The summed E-state index contributed by atoms with van der Waals surface area (Å²) < 4.78 is 0. The molecule has 0 bridgehead atoms. The molecule has 0 atom stereocenters. The second-order valence-electron chi connectivity index (χ2n) is 8.00. The van der Waals surface area contributed by atoms with Gasteiger partial charge in [0, 0.05) is 42.8 Å². The van der Waals surface area contributed by atoms with Gasteiger partial charge in [-0.2, -0.15) is 0 Å². The van der Waals surface area contributed by atoms with Gasteiger partial charge in [-0.25, -0.2) is 19.7 Å². The number of hydrogen-bond acceptors (Lipinski definition) is 9. The maximum absolute atomic E-state index is 11.7. The molecule has 0 radical (unpaired) electrons. The van der Waals surface area contributed by atoms with Crippen LogP contribution in [0.1, 0.15) is 0 Å². The molecule has 0 unspecified atom stereocenters. The Hall–Kier alpha value is -5.13. The molecule has 1 fully saturated rings. The van der Waals surface area contributed by atoms with Crippen LogP contribution < -0.4 is 16.0 Å². The van der Waals surface area contributed by atoms with Gasteiger partial charge in [-0.05, 0) is 36.4 Å². The fourth-order valence-corrected chi connectivity index (χ4v) is 3.65. The maximum atomic E-state index is 11.7. The summed E-state index contributed by atoms with van der Waals surface area (Å²) in [6.45, 7) is 4.32. The largest absolute Gasteiger partial charge is 0.465 e. The smallest absolute Gasteiger partial charge is 0.407 e. The standard InChI is InChI=1S/C24H21N9O3/c1-2-20(34)30-15-6-8-25-18(9-15)22-21-14(5-7-26-22)10-28-23(32-21)31-16-3-4-19(27-11-16)29-17-12-33(13-17)24(35)36/h2-11,17H,1,12-13H2,(H,27,29)(H,35,36)(H,25,30,34)(H,28,31,32). The molecule has 4 aromatic heterocycles. The van der Waals surface area contributed by atoms with Crippen molar-refractivity contribution in [3.63, 3.8) is 0 Å². The number of pyridine rings is 3. The van der Waals surface area contributed by atoms with Crippen LogP contribution in [-0.4, -0.2) is 66.1 Å². The fraction of sp³-hybridized carbons (Fsp3) is 0.125. The van der Waals surface area contributed by atoms with E-state index < -0.39 is 6.09 Å². The summed E-state index contributed by atoms with van der Waals surface area (Å²) in [5, 5.41) is 18.8. The Balaban J connectivity index is 1.33. The number of carbonyl (C=O) groups excluding carboxylic acids is 1. The van der Waals surface area contributed by atoms with Crippen molar-refractivity contribution in [3.05, 3.63) is 67.8 Å². The molecule has 36 heavy (non-hydrogen) atoms. The van der Waals surface area contributed by atoms with Crippen molar-refractivity contribution in [1.82, 2.24) is 29.8 Å². The molecule has 1 aliphatic heterocycles. The SMILES string of the molecule is C=CC(=O)Nc1ccnc(-c2nccc3cnc(Nc4ccc(NC5CN(C(=O)O)C5)nc4)nc23)c1. The quantitative estimate of drug-likeness (QED) is 0.288. The molecule has 5 heterocycles. The fourth-order valence-electron chi connectivity index (χ4n) is 3.65. The summed E-state index contributed by atoms with van der Waals surface area (Å²) in [6.07, 6.45) is 6.84. The third-order valence-corrected chi connectivity index (χ3v) is 5.48. The Morgan fingerprint density at radius 1 is 1.03 bits per heavy atom. The lowest BCUT2D eigenvalue weighted by Crippen LogP contribution is -2.56.